The lowest BCUT2D eigenvalue weighted by molar-refractivity contribution is -0.114. The van der Waals surface area contributed by atoms with Crippen molar-refractivity contribution in [1.82, 2.24) is 4.90 Å². The second-order valence-electron chi connectivity index (χ2n) is 4.50. The molecule has 0 atom stereocenters. The van der Waals surface area contributed by atoms with Gasteiger partial charge in [-0.25, -0.2) is 13.3 Å². The van der Waals surface area contributed by atoms with Gasteiger partial charge in [-0.3, -0.25) is 14.4 Å². The Morgan fingerprint density at radius 1 is 1.24 bits per heavy atom. The number of hydrogen-bond acceptors (Lipinski definition) is 5. The van der Waals surface area contributed by atoms with E-state index in [9.17, 15) is 22.8 Å². The SMILES string of the molecule is CC(=O)Nc1cccc2c1C(=O)N(/C=C/S(C)(=O)=O)C2=O. The lowest BCUT2D eigenvalue weighted by Crippen LogP contribution is -2.24. The fourth-order valence-corrected chi connectivity index (χ4v) is 2.25. The van der Waals surface area contributed by atoms with Gasteiger partial charge in [0, 0.05) is 24.8 Å². The number of nitrogens with zero attached hydrogens (tertiary/aromatic N) is 1. The van der Waals surface area contributed by atoms with Crippen molar-refractivity contribution in [3.8, 4) is 0 Å². The van der Waals surface area contributed by atoms with Gasteiger partial charge in [-0.05, 0) is 12.1 Å². The van der Waals surface area contributed by atoms with Gasteiger partial charge < -0.3 is 5.32 Å². The van der Waals surface area contributed by atoms with Crippen LogP contribution < -0.4 is 5.32 Å². The van der Waals surface area contributed by atoms with Crippen LogP contribution in [0, 0.1) is 0 Å². The van der Waals surface area contributed by atoms with Crippen LogP contribution in [-0.4, -0.2) is 37.3 Å². The summed E-state index contributed by atoms with van der Waals surface area (Å²) in [5, 5.41) is 3.24. The van der Waals surface area contributed by atoms with Gasteiger partial charge in [0.15, 0.2) is 9.84 Å². The Morgan fingerprint density at radius 2 is 1.90 bits per heavy atom. The summed E-state index contributed by atoms with van der Waals surface area (Å²) >= 11 is 0. The summed E-state index contributed by atoms with van der Waals surface area (Å²) in [5.74, 6) is -1.70. The second-order valence-corrected chi connectivity index (χ2v) is 6.44. The van der Waals surface area contributed by atoms with Gasteiger partial charge >= 0.3 is 0 Å². The van der Waals surface area contributed by atoms with Crippen molar-refractivity contribution in [2.24, 2.45) is 0 Å². The molecule has 7 nitrogen and oxygen atoms in total. The molecule has 1 aliphatic heterocycles. The van der Waals surface area contributed by atoms with E-state index in [2.05, 4.69) is 5.32 Å². The summed E-state index contributed by atoms with van der Waals surface area (Å²) in [4.78, 5) is 36.2. The maximum atomic E-state index is 12.2. The molecule has 3 amide bonds. The number of carbonyl (C=O) groups excluding carboxylic acids is 3. The van der Waals surface area contributed by atoms with Crippen LogP contribution in [-0.2, 0) is 14.6 Å². The van der Waals surface area contributed by atoms with Crippen LogP contribution in [0.1, 0.15) is 27.6 Å². The van der Waals surface area contributed by atoms with Crippen LogP contribution in [0.4, 0.5) is 5.69 Å². The third-order valence-electron chi connectivity index (χ3n) is 2.71. The first-order valence-corrected chi connectivity index (χ1v) is 7.83. The highest BCUT2D eigenvalue weighted by Crippen LogP contribution is 2.29. The Hall–Kier alpha value is -2.48. The van der Waals surface area contributed by atoms with Crippen LogP contribution in [0.25, 0.3) is 0 Å². The predicted molar refractivity (Wildman–Crippen MR) is 75.2 cm³/mol. The molecule has 0 unspecified atom stereocenters. The molecule has 0 aliphatic carbocycles. The Kier molecular flexibility index (Phi) is 3.65. The van der Waals surface area contributed by atoms with Gasteiger partial charge in [0.25, 0.3) is 11.8 Å². The monoisotopic (exact) mass is 308 g/mol. The van der Waals surface area contributed by atoms with Gasteiger partial charge in [-0.1, -0.05) is 6.07 Å². The Bertz CT molecular complexity index is 780. The molecule has 8 heteroatoms. The molecule has 110 valence electrons. The number of fused-ring (bicyclic) bond motifs is 1. The van der Waals surface area contributed by atoms with E-state index in [1.165, 1.54) is 25.1 Å². The highest BCUT2D eigenvalue weighted by atomic mass is 32.2. The van der Waals surface area contributed by atoms with Crippen molar-refractivity contribution in [2.75, 3.05) is 11.6 Å². The first kappa shape index (κ1) is 14.9. The average molecular weight is 308 g/mol. The first-order chi connectivity index (χ1) is 9.70. The van der Waals surface area contributed by atoms with E-state index in [1.807, 2.05) is 0 Å². The fraction of sp³-hybridized carbons (Fsp3) is 0.154. The molecule has 0 aromatic heterocycles. The molecular formula is C13H12N2O5S. The molecule has 0 radical (unpaired) electrons. The standard InChI is InChI=1S/C13H12N2O5S/c1-8(16)14-10-5-3-4-9-11(10)13(18)15(12(9)17)6-7-21(2,19)20/h3-7H,1-2H3,(H,14,16)/b7-6+. The molecule has 1 aromatic rings. The highest BCUT2D eigenvalue weighted by Gasteiger charge is 2.36. The Labute approximate surface area is 121 Å². The lowest BCUT2D eigenvalue weighted by Gasteiger charge is -2.07. The first-order valence-electron chi connectivity index (χ1n) is 5.87. The number of imide groups is 1. The van der Waals surface area contributed by atoms with Crippen molar-refractivity contribution in [3.63, 3.8) is 0 Å². The quantitative estimate of drug-likeness (QED) is 0.831. The van der Waals surface area contributed by atoms with E-state index in [1.54, 1.807) is 0 Å². The van der Waals surface area contributed by atoms with E-state index >= 15 is 0 Å². The largest absolute Gasteiger partial charge is 0.326 e. The van der Waals surface area contributed by atoms with Gasteiger partial charge in [0.05, 0.1) is 16.8 Å². The third kappa shape index (κ3) is 3.00. The van der Waals surface area contributed by atoms with Gasteiger partial charge in [0.1, 0.15) is 0 Å². The van der Waals surface area contributed by atoms with E-state index < -0.39 is 21.7 Å². The van der Waals surface area contributed by atoms with E-state index in [0.29, 0.717) is 4.90 Å². The summed E-state index contributed by atoms with van der Waals surface area (Å²) in [6.45, 7) is 1.28. The predicted octanol–water partition coefficient (Wildman–Crippen LogP) is 0.757. The van der Waals surface area contributed by atoms with E-state index in [0.717, 1.165) is 17.9 Å². The van der Waals surface area contributed by atoms with Crippen molar-refractivity contribution >= 4 is 33.2 Å². The zero-order chi connectivity index (χ0) is 15.8. The zero-order valence-electron chi connectivity index (χ0n) is 11.3. The van der Waals surface area contributed by atoms with E-state index in [-0.39, 0.29) is 22.7 Å². The van der Waals surface area contributed by atoms with Gasteiger partial charge in [-0.15, -0.1) is 0 Å². The molecule has 0 saturated carbocycles. The van der Waals surface area contributed by atoms with Crippen LogP contribution in [0.15, 0.2) is 29.8 Å². The molecule has 2 rings (SSSR count). The highest BCUT2D eigenvalue weighted by molar-refractivity contribution is 7.93. The maximum Gasteiger partial charge on any atom is 0.267 e. The summed E-state index contributed by atoms with van der Waals surface area (Å²) in [7, 11) is -3.47. The molecule has 1 aliphatic rings. The van der Waals surface area contributed by atoms with Crippen molar-refractivity contribution in [3.05, 3.63) is 40.9 Å². The van der Waals surface area contributed by atoms with Gasteiger partial charge in [0.2, 0.25) is 5.91 Å². The molecule has 0 saturated heterocycles. The summed E-state index contributed by atoms with van der Waals surface area (Å²) in [6, 6.07) is 4.46. The number of anilines is 1. The normalized spacial score (nSPS) is 14.7. The summed E-state index contributed by atoms with van der Waals surface area (Å²) in [6.07, 6.45) is 1.86. The minimum atomic E-state index is -3.47. The van der Waals surface area contributed by atoms with Crippen LogP contribution in [0.5, 0.6) is 0 Å². The summed E-state index contributed by atoms with van der Waals surface area (Å²) in [5.41, 5.74) is 0.383. The Morgan fingerprint density at radius 3 is 2.48 bits per heavy atom. The number of amides is 3. The third-order valence-corrected chi connectivity index (χ3v) is 3.33. The van der Waals surface area contributed by atoms with Gasteiger partial charge in [-0.2, -0.15) is 0 Å². The number of benzene rings is 1. The van der Waals surface area contributed by atoms with Crippen LogP contribution >= 0.6 is 0 Å². The smallest absolute Gasteiger partial charge is 0.267 e. The topological polar surface area (TPSA) is 101 Å². The van der Waals surface area contributed by atoms with Crippen molar-refractivity contribution in [1.29, 1.82) is 0 Å². The van der Waals surface area contributed by atoms with Crippen LogP contribution in [0.2, 0.25) is 0 Å². The molecule has 21 heavy (non-hydrogen) atoms. The molecule has 1 N–H and O–H groups in total. The molecule has 1 heterocycles. The molecular weight excluding hydrogens is 296 g/mol. The lowest BCUT2D eigenvalue weighted by atomic mass is 10.1. The maximum absolute atomic E-state index is 12.2. The van der Waals surface area contributed by atoms with E-state index in [4.69, 9.17) is 0 Å². The molecule has 0 bridgehead atoms. The minimum Gasteiger partial charge on any atom is -0.326 e. The zero-order valence-corrected chi connectivity index (χ0v) is 12.1. The molecule has 0 spiro atoms. The number of hydrogen-bond donors (Lipinski definition) is 1. The number of rotatable bonds is 3. The molecule has 0 fully saturated rings. The minimum absolute atomic E-state index is 0.0517. The molecule has 1 aromatic carbocycles. The van der Waals surface area contributed by atoms with Crippen LogP contribution in [0.3, 0.4) is 0 Å². The Balaban J connectivity index is 2.47. The number of sulfone groups is 1. The van der Waals surface area contributed by atoms with Crippen molar-refractivity contribution < 1.29 is 22.8 Å². The summed E-state index contributed by atoms with van der Waals surface area (Å²) < 4.78 is 22.2. The number of nitrogens with one attached hydrogen (secondary N) is 1. The second kappa shape index (κ2) is 5.13. The average Bonchev–Trinajstić information content (AvgIpc) is 2.59. The van der Waals surface area contributed by atoms with Crippen molar-refractivity contribution in [2.45, 2.75) is 6.92 Å². The fourth-order valence-electron chi connectivity index (χ4n) is 1.90. The number of carbonyl (C=O) groups is 3.